The van der Waals surface area contributed by atoms with Crippen LogP contribution in [-0.2, 0) is 0 Å². The first-order chi connectivity index (χ1) is 13.1. The second-order valence-electron chi connectivity index (χ2n) is 6.18. The van der Waals surface area contributed by atoms with Crippen LogP contribution < -0.4 is 15.1 Å². The predicted molar refractivity (Wildman–Crippen MR) is 112 cm³/mol. The normalized spacial score (nSPS) is 14.0. The molecule has 0 atom stereocenters. The second kappa shape index (κ2) is 7.28. The van der Waals surface area contributed by atoms with Crippen molar-refractivity contribution in [3.8, 4) is 0 Å². The van der Waals surface area contributed by atoms with Gasteiger partial charge in [-0.15, -0.1) is 11.3 Å². The number of aromatic nitrogens is 1. The van der Waals surface area contributed by atoms with Gasteiger partial charge in [0.15, 0.2) is 5.13 Å². The highest BCUT2D eigenvalue weighted by Gasteiger charge is 2.27. The Balaban J connectivity index is 1.67. The lowest BCUT2D eigenvalue weighted by molar-refractivity contribution is 0.0954. The number of rotatable bonds is 4. The zero-order valence-electron chi connectivity index (χ0n) is 15.2. The van der Waals surface area contributed by atoms with Crippen molar-refractivity contribution in [1.29, 1.82) is 0 Å². The fourth-order valence-electron chi connectivity index (χ4n) is 3.20. The van der Waals surface area contributed by atoms with Crippen LogP contribution in [0.1, 0.15) is 33.9 Å². The van der Waals surface area contributed by atoms with Crippen molar-refractivity contribution in [1.82, 2.24) is 10.3 Å². The number of thiophene rings is 1. The lowest BCUT2D eigenvalue weighted by Crippen LogP contribution is -2.34. The minimum absolute atomic E-state index is 0.0847. The number of para-hydroxylation sites is 1. The van der Waals surface area contributed by atoms with Gasteiger partial charge in [-0.1, -0.05) is 23.5 Å². The molecule has 1 aliphatic heterocycles. The monoisotopic (exact) mass is 400 g/mol. The first-order valence-electron chi connectivity index (χ1n) is 8.96. The van der Waals surface area contributed by atoms with Gasteiger partial charge in [0.2, 0.25) is 0 Å². The van der Waals surface area contributed by atoms with E-state index in [4.69, 9.17) is 4.98 Å². The van der Waals surface area contributed by atoms with Gasteiger partial charge in [-0.3, -0.25) is 9.59 Å². The minimum Gasteiger partial charge on any atom is -0.350 e. The fraction of sp³-hybridized carbons (Fsp3) is 0.316. The molecule has 1 aliphatic rings. The van der Waals surface area contributed by atoms with Gasteiger partial charge in [-0.05, 0) is 32.0 Å². The van der Waals surface area contributed by atoms with Gasteiger partial charge in [-0.25, -0.2) is 4.98 Å². The number of amides is 2. The van der Waals surface area contributed by atoms with E-state index in [0.717, 1.165) is 27.8 Å². The highest BCUT2D eigenvalue weighted by atomic mass is 32.1. The van der Waals surface area contributed by atoms with Crippen LogP contribution in [0.25, 0.3) is 9.53 Å². The molecule has 4 rings (SSSR count). The van der Waals surface area contributed by atoms with Crippen molar-refractivity contribution in [2.24, 2.45) is 0 Å². The molecule has 0 spiro atoms. The van der Waals surface area contributed by atoms with E-state index in [1.54, 1.807) is 22.3 Å². The van der Waals surface area contributed by atoms with Gasteiger partial charge in [0.25, 0.3) is 11.8 Å². The third-order valence-electron chi connectivity index (χ3n) is 4.63. The summed E-state index contributed by atoms with van der Waals surface area (Å²) in [4.78, 5) is 35.5. The molecule has 3 aromatic rings. The number of fused-ring (bicyclic) bond motifs is 2. The number of anilines is 2. The summed E-state index contributed by atoms with van der Waals surface area (Å²) >= 11 is 3.03. The number of nitrogens with one attached hydrogen (secondary N) is 1. The molecule has 0 aliphatic carbocycles. The second-order valence-corrected chi connectivity index (χ2v) is 8.22. The zero-order chi connectivity index (χ0) is 19.0. The molecule has 27 heavy (non-hydrogen) atoms. The third-order valence-corrected chi connectivity index (χ3v) is 6.84. The molecule has 8 heteroatoms. The van der Waals surface area contributed by atoms with Crippen molar-refractivity contribution in [2.75, 3.05) is 36.0 Å². The van der Waals surface area contributed by atoms with E-state index in [-0.39, 0.29) is 11.8 Å². The average molecular weight is 401 g/mol. The van der Waals surface area contributed by atoms with E-state index in [1.165, 1.54) is 11.3 Å². The lowest BCUT2D eigenvalue weighted by Gasteiger charge is -2.21. The average Bonchev–Trinajstić information content (AvgIpc) is 3.20. The van der Waals surface area contributed by atoms with Crippen molar-refractivity contribution >= 4 is 54.8 Å². The Labute approximate surface area is 165 Å². The van der Waals surface area contributed by atoms with E-state index >= 15 is 0 Å². The van der Waals surface area contributed by atoms with E-state index in [9.17, 15) is 9.59 Å². The zero-order valence-corrected chi connectivity index (χ0v) is 16.8. The highest BCUT2D eigenvalue weighted by molar-refractivity contribution is 7.29. The Bertz CT molecular complexity index is 975. The van der Waals surface area contributed by atoms with Crippen molar-refractivity contribution < 1.29 is 9.59 Å². The van der Waals surface area contributed by atoms with Crippen molar-refractivity contribution in [2.45, 2.75) is 13.8 Å². The first kappa shape index (κ1) is 17.9. The van der Waals surface area contributed by atoms with Crippen LogP contribution in [0.15, 0.2) is 30.3 Å². The molecule has 2 amide bonds. The van der Waals surface area contributed by atoms with E-state index in [0.29, 0.717) is 29.2 Å². The summed E-state index contributed by atoms with van der Waals surface area (Å²) in [5, 5.41) is 3.84. The van der Waals surface area contributed by atoms with Gasteiger partial charge in [0.05, 0.1) is 20.8 Å². The van der Waals surface area contributed by atoms with Gasteiger partial charge in [0.1, 0.15) is 4.83 Å². The Morgan fingerprint density at radius 2 is 2.04 bits per heavy atom. The smallest absolute Gasteiger partial charge is 0.268 e. The van der Waals surface area contributed by atoms with E-state index in [1.807, 2.05) is 24.3 Å². The van der Waals surface area contributed by atoms with Gasteiger partial charge in [0, 0.05) is 26.2 Å². The van der Waals surface area contributed by atoms with Crippen LogP contribution in [0.4, 0.5) is 10.8 Å². The van der Waals surface area contributed by atoms with Gasteiger partial charge < -0.3 is 15.1 Å². The van der Waals surface area contributed by atoms with Crippen LogP contribution >= 0.6 is 22.7 Å². The number of nitrogens with zero attached hydrogens (tertiary/aromatic N) is 3. The molecule has 140 valence electrons. The molecule has 0 bridgehead atoms. The molecular weight excluding hydrogens is 380 g/mol. The summed E-state index contributed by atoms with van der Waals surface area (Å²) in [6, 6.07) is 9.16. The Kier molecular flexibility index (Phi) is 4.84. The maximum atomic E-state index is 13.2. The summed E-state index contributed by atoms with van der Waals surface area (Å²) in [5.41, 5.74) is 1.19. The molecule has 6 nitrogen and oxygen atoms in total. The largest absolute Gasteiger partial charge is 0.350 e. The first-order valence-corrected chi connectivity index (χ1v) is 10.6. The number of benzene rings is 1. The maximum absolute atomic E-state index is 13.2. The molecule has 0 saturated carbocycles. The molecule has 0 saturated heterocycles. The molecule has 3 heterocycles. The summed E-state index contributed by atoms with van der Waals surface area (Å²) in [6.07, 6.45) is 0. The molecule has 0 fully saturated rings. The fourth-order valence-corrected chi connectivity index (χ4v) is 5.49. The summed E-state index contributed by atoms with van der Waals surface area (Å²) < 4.78 is 1.03. The molecule has 1 N–H and O–H groups in total. The molecule has 2 aromatic heterocycles. The molecule has 0 unspecified atom stereocenters. The van der Waals surface area contributed by atoms with Gasteiger partial charge >= 0.3 is 0 Å². The summed E-state index contributed by atoms with van der Waals surface area (Å²) in [7, 11) is 0. The minimum atomic E-state index is -0.140. The highest BCUT2D eigenvalue weighted by Crippen LogP contribution is 2.36. The van der Waals surface area contributed by atoms with Crippen LogP contribution in [0.5, 0.6) is 0 Å². The van der Waals surface area contributed by atoms with Crippen LogP contribution in [0.3, 0.4) is 0 Å². The van der Waals surface area contributed by atoms with E-state index < -0.39 is 0 Å². The summed E-state index contributed by atoms with van der Waals surface area (Å²) in [6.45, 7) is 6.93. The van der Waals surface area contributed by atoms with Crippen LogP contribution in [-0.4, -0.2) is 43.0 Å². The molecular formula is C19H20N4O2S2. The van der Waals surface area contributed by atoms with E-state index in [2.05, 4.69) is 24.1 Å². The van der Waals surface area contributed by atoms with Crippen LogP contribution in [0, 0.1) is 0 Å². The number of carbonyl (C=O) groups excluding carboxylic acids is 2. The topological polar surface area (TPSA) is 65.5 Å². The Hall–Kier alpha value is -2.45. The Morgan fingerprint density at radius 3 is 2.78 bits per heavy atom. The lowest BCUT2D eigenvalue weighted by atomic mass is 10.1. The van der Waals surface area contributed by atoms with Crippen molar-refractivity contribution in [3.05, 3.63) is 40.8 Å². The van der Waals surface area contributed by atoms with Gasteiger partial charge in [-0.2, -0.15) is 0 Å². The standard InChI is InChI=1S/C19H20N4O2S2/c1-3-22(4-2)19-21-17-14(27-19)11-15(26-17)18(25)23-10-9-20-16(24)12-7-5-6-8-13(12)23/h5-8,11H,3-4,9-10H2,1-2H3,(H,20,24). The maximum Gasteiger partial charge on any atom is 0.268 e. The number of hydrogen-bond acceptors (Lipinski definition) is 6. The Morgan fingerprint density at radius 1 is 1.26 bits per heavy atom. The number of hydrogen-bond donors (Lipinski definition) is 1. The molecule has 0 radical (unpaired) electrons. The quantitative estimate of drug-likeness (QED) is 0.727. The molecule has 1 aromatic carbocycles. The third kappa shape index (κ3) is 3.19. The number of carbonyl (C=O) groups is 2. The van der Waals surface area contributed by atoms with Crippen molar-refractivity contribution in [3.63, 3.8) is 0 Å². The number of thiazole rings is 1. The predicted octanol–water partition coefficient (Wildman–Crippen LogP) is 3.59. The SMILES string of the molecule is CCN(CC)c1nc2sc(C(=O)N3CCNC(=O)c4ccccc43)cc2s1. The summed E-state index contributed by atoms with van der Waals surface area (Å²) in [5.74, 6) is -0.225. The van der Waals surface area contributed by atoms with Crippen LogP contribution in [0.2, 0.25) is 0 Å².